The molecule has 1 aliphatic carbocycles. The van der Waals surface area contributed by atoms with E-state index >= 15 is 0 Å². The number of hydrazone groups is 1. The van der Waals surface area contributed by atoms with E-state index in [1.807, 2.05) is 20.2 Å². The van der Waals surface area contributed by atoms with Gasteiger partial charge in [0.15, 0.2) is 12.1 Å². The molecule has 0 radical (unpaired) electrons. The van der Waals surface area contributed by atoms with E-state index in [-0.39, 0.29) is 11.2 Å². The number of pyridine rings is 1. The molecule has 0 unspecified atom stereocenters. The average Bonchev–Trinajstić information content (AvgIpc) is 2.77. The smallest absolute Gasteiger partial charge is 0.165 e. The Hall–Kier alpha value is -3.04. The molecule has 2 heterocycles. The van der Waals surface area contributed by atoms with Gasteiger partial charge in [-0.15, -0.1) is 0 Å². The molecule has 2 aromatic rings. The maximum absolute atomic E-state index is 14.1. The van der Waals surface area contributed by atoms with Gasteiger partial charge in [-0.1, -0.05) is 17.7 Å². The topological polar surface area (TPSA) is 103 Å². The molecule has 3 N–H and O–H groups in total. The molecule has 10 heteroatoms. The molecule has 1 saturated carbocycles. The third kappa shape index (κ3) is 5.46. The van der Waals surface area contributed by atoms with Crippen LogP contribution in [-0.4, -0.2) is 73.6 Å². The van der Waals surface area contributed by atoms with Gasteiger partial charge < -0.3 is 15.6 Å². The third-order valence-corrected chi connectivity index (χ3v) is 7.18. The Bertz CT molecular complexity index is 1210. The van der Waals surface area contributed by atoms with E-state index in [0.717, 1.165) is 62.6 Å². The fourth-order valence-electron chi connectivity index (χ4n) is 5.31. The van der Waals surface area contributed by atoms with Crippen LogP contribution in [0.4, 0.5) is 10.2 Å². The molecular formula is C25H31ClFN7O. The second kappa shape index (κ2) is 10.3. The van der Waals surface area contributed by atoms with Crippen molar-refractivity contribution in [3.63, 3.8) is 0 Å². The monoisotopic (exact) mass is 499 g/mol. The van der Waals surface area contributed by atoms with Gasteiger partial charge in [-0.3, -0.25) is 19.8 Å². The quantitative estimate of drug-likeness (QED) is 0.239. The van der Waals surface area contributed by atoms with E-state index in [4.69, 9.17) is 22.7 Å². The summed E-state index contributed by atoms with van der Waals surface area (Å²) in [6, 6.07) is 5.26. The summed E-state index contributed by atoms with van der Waals surface area (Å²) in [7, 11) is 3.68. The number of hydrogen-bond donors (Lipinski definition) is 2. The highest BCUT2D eigenvalue weighted by Crippen LogP contribution is 2.52. The fraction of sp³-hybridized carbons (Fsp3) is 0.440. The van der Waals surface area contributed by atoms with Crippen molar-refractivity contribution >= 4 is 36.3 Å². The normalized spacial score (nSPS) is 18.0. The number of nitrogens with one attached hydrogen (secondary N) is 1. The minimum absolute atomic E-state index is 0.228. The SMILES string of the molecule is CN(C)/N=C\c1c(CC2CC3(C2)CN(CCN=c2cc(N)n(C=N)cc2F)C3)ccc(Cl)c1C=O. The first-order valence-corrected chi connectivity index (χ1v) is 12.0. The second-order valence-corrected chi connectivity index (χ2v) is 10.2. The maximum atomic E-state index is 14.1. The molecule has 4 rings (SSSR count). The lowest BCUT2D eigenvalue weighted by Gasteiger charge is -2.59. The van der Waals surface area contributed by atoms with E-state index in [1.54, 1.807) is 17.3 Å². The van der Waals surface area contributed by atoms with E-state index in [9.17, 15) is 9.18 Å². The highest BCUT2D eigenvalue weighted by Gasteiger charge is 2.51. The number of carbonyl (C=O) groups excluding carboxylic acids is 1. The largest absolute Gasteiger partial charge is 0.385 e. The zero-order chi connectivity index (χ0) is 25.2. The van der Waals surface area contributed by atoms with Crippen LogP contribution in [0.1, 0.15) is 34.3 Å². The standard InChI is InChI=1S/C25H31ClFN7O/c1-32(2)31-11-19-18(3-4-21(26)20(19)13-35)7-17-9-25(10-17)14-33(15-25)6-5-30-23-8-24(29)34(16-28)12-22(23)27/h3-4,8,11-13,16-17,28H,5-7,9-10,14-15,29H2,1-2H3/b28-16?,30-23?,31-11-. The summed E-state index contributed by atoms with van der Waals surface area (Å²) in [5.41, 5.74) is 8.56. The van der Waals surface area contributed by atoms with Crippen molar-refractivity contribution in [2.24, 2.45) is 21.4 Å². The van der Waals surface area contributed by atoms with Gasteiger partial charge in [-0.05, 0) is 42.2 Å². The first-order chi connectivity index (χ1) is 16.7. The van der Waals surface area contributed by atoms with Crippen molar-refractivity contribution in [3.8, 4) is 0 Å². The first kappa shape index (κ1) is 25.1. The summed E-state index contributed by atoms with van der Waals surface area (Å²) in [5.74, 6) is 0.358. The number of nitrogens with two attached hydrogens (primary N) is 1. The van der Waals surface area contributed by atoms with Crippen molar-refractivity contribution in [3.05, 3.63) is 57.3 Å². The van der Waals surface area contributed by atoms with Gasteiger partial charge in [0.2, 0.25) is 0 Å². The van der Waals surface area contributed by atoms with Gasteiger partial charge >= 0.3 is 0 Å². The fourth-order valence-corrected chi connectivity index (χ4v) is 5.52. The third-order valence-electron chi connectivity index (χ3n) is 6.85. The molecule has 186 valence electrons. The molecule has 1 aromatic heterocycles. The number of carbonyl (C=O) groups is 1. The second-order valence-electron chi connectivity index (χ2n) is 9.78. The Morgan fingerprint density at radius 2 is 2.06 bits per heavy atom. The van der Waals surface area contributed by atoms with Crippen LogP contribution in [0.25, 0.3) is 0 Å². The molecule has 35 heavy (non-hydrogen) atoms. The molecule has 0 amide bonds. The van der Waals surface area contributed by atoms with Crippen LogP contribution >= 0.6 is 11.6 Å². The molecule has 2 fully saturated rings. The molecule has 8 nitrogen and oxygen atoms in total. The lowest BCUT2D eigenvalue weighted by atomic mass is 9.56. The highest BCUT2D eigenvalue weighted by atomic mass is 35.5. The van der Waals surface area contributed by atoms with E-state index in [1.165, 1.54) is 16.8 Å². The Balaban J connectivity index is 1.30. The summed E-state index contributed by atoms with van der Waals surface area (Å²) >= 11 is 6.25. The number of rotatable bonds is 9. The van der Waals surface area contributed by atoms with Crippen LogP contribution in [0.15, 0.2) is 34.5 Å². The first-order valence-electron chi connectivity index (χ1n) is 11.6. The molecule has 1 aromatic carbocycles. The number of anilines is 1. The minimum atomic E-state index is -0.487. The molecular weight excluding hydrogens is 469 g/mol. The highest BCUT2D eigenvalue weighted by molar-refractivity contribution is 6.33. The number of hydrogen-bond acceptors (Lipinski definition) is 7. The van der Waals surface area contributed by atoms with Crippen LogP contribution in [-0.2, 0) is 6.42 Å². The van der Waals surface area contributed by atoms with Crippen molar-refractivity contribution in [2.75, 3.05) is 46.0 Å². The number of benzene rings is 1. The molecule has 1 saturated heterocycles. The van der Waals surface area contributed by atoms with Crippen LogP contribution in [0, 0.1) is 22.6 Å². The summed E-state index contributed by atoms with van der Waals surface area (Å²) in [6.45, 7) is 3.33. The molecule has 1 spiro atoms. The Labute approximate surface area is 209 Å². The van der Waals surface area contributed by atoms with Gasteiger partial charge in [-0.25, -0.2) is 4.39 Å². The lowest BCUT2D eigenvalue weighted by Crippen LogP contribution is -2.62. The Kier molecular flexibility index (Phi) is 7.37. The number of likely N-dealkylation sites (tertiary alicyclic amines) is 1. The molecule has 0 atom stereocenters. The van der Waals surface area contributed by atoms with Crippen molar-refractivity contribution < 1.29 is 9.18 Å². The summed E-state index contributed by atoms with van der Waals surface area (Å²) in [4.78, 5) is 18.3. The Morgan fingerprint density at radius 1 is 1.31 bits per heavy atom. The Morgan fingerprint density at radius 3 is 2.71 bits per heavy atom. The van der Waals surface area contributed by atoms with Gasteiger partial charge in [0.25, 0.3) is 0 Å². The predicted molar refractivity (Wildman–Crippen MR) is 137 cm³/mol. The van der Waals surface area contributed by atoms with Crippen LogP contribution in [0.2, 0.25) is 5.02 Å². The van der Waals surface area contributed by atoms with Gasteiger partial charge in [-0.2, -0.15) is 5.10 Å². The minimum Gasteiger partial charge on any atom is -0.385 e. The van der Waals surface area contributed by atoms with E-state index in [0.29, 0.717) is 28.5 Å². The van der Waals surface area contributed by atoms with E-state index < -0.39 is 5.82 Å². The van der Waals surface area contributed by atoms with E-state index in [2.05, 4.69) is 15.0 Å². The summed E-state index contributed by atoms with van der Waals surface area (Å²) < 4.78 is 15.3. The molecule has 1 aliphatic heterocycles. The zero-order valence-corrected chi connectivity index (χ0v) is 20.8. The maximum Gasteiger partial charge on any atom is 0.165 e. The number of aldehydes is 1. The van der Waals surface area contributed by atoms with Crippen LogP contribution < -0.4 is 11.1 Å². The number of aromatic nitrogens is 1. The number of nitrogens with zero attached hydrogens (tertiary/aromatic N) is 5. The average molecular weight is 500 g/mol. The van der Waals surface area contributed by atoms with Crippen molar-refractivity contribution in [1.29, 1.82) is 5.41 Å². The van der Waals surface area contributed by atoms with Crippen molar-refractivity contribution in [2.45, 2.75) is 19.3 Å². The summed E-state index contributed by atoms with van der Waals surface area (Å²) in [5, 5.41) is 13.9. The number of halogens is 2. The molecule has 2 aliphatic rings. The summed E-state index contributed by atoms with van der Waals surface area (Å²) in [6.07, 6.45) is 7.86. The number of nitrogen functional groups attached to an aromatic ring is 1. The van der Waals surface area contributed by atoms with Crippen molar-refractivity contribution in [1.82, 2.24) is 14.5 Å². The zero-order valence-electron chi connectivity index (χ0n) is 20.0. The predicted octanol–water partition coefficient (Wildman–Crippen LogP) is 2.88. The van der Waals surface area contributed by atoms with Crippen LogP contribution in [0.5, 0.6) is 0 Å². The van der Waals surface area contributed by atoms with Gasteiger partial charge in [0, 0.05) is 57.1 Å². The molecule has 0 bridgehead atoms. The van der Waals surface area contributed by atoms with Gasteiger partial charge in [0.05, 0.1) is 29.5 Å². The lowest BCUT2D eigenvalue weighted by molar-refractivity contribution is -0.0920. The van der Waals surface area contributed by atoms with Crippen LogP contribution in [0.3, 0.4) is 0 Å². The van der Waals surface area contributed by atoms with Gasteiger partial charge in [0.1, 0.15) is 5.82 Å².